The molecule has 1 aliphatic rings. The van der Waals surface area contributed by atoms with Crippen molar-refractivity contribution in [3.8, 4) is 0 Å². The summed E-state index contributed by atoms with van der Waals surface area (Å²) in [6, 6.07) is -0.0727. The van der Waals surface area contributed by atoms with E-state index in [1.807, 2.05) is 11.8 Å². The maximum atomic E-state index is 12.6. The molecule has 3 heterocycles. The molecular formula is C15H21N5O3S2. The molecule has 3 rings (SSSR count). The fraction of sp³-hybridized carbons (Fsp3) is 0.533. The third-order valence-electron chi connectivity index (χ3n) is 4.16. The van der Waals surface area contributed by atoms with Crippen molar-refractivity contribution < 1.29 is 13.5 Å². The molecule has 0 unspecified atom stereocenters. The molecule has 0 amide bonds. The number of aliphatic hydroxyl groups is 1. The summed E-state index contributed by atoms with van der Waals surface area (Å²) in [5.74, 6) is 0.534. The summed E-state index contributed by atoms with van der Waals surface area (Å²) in [6.45, 7) is 6.48. The highest BCUT2D eigenvalue weighted by Crippen LogP contribution is 2.24. The molecule has 2 aromatic rings. The summed E-state index contributed by atoms with van der Waals surface area (Å²) >= 11 is 1.12. The molecule has 8 nitrogen and oxygen atoms in total. The molecule has 10 heteroatoms. The van der Waals surface area contributed by atoms with Gasteiger partial charge in [0.25, 0.3) is 10.0 Å². The fourth-order valence-electron chi connectivity index (χ4n) is 2.67. The Morgan fingerprint density at radius 3 is 2.44 bits per heavy atom. The number of piperazine rings is 1. The Kier molecular flexibility index (Phi) is 4.80. The number of nitrogens with zero attached hydrogens (tertiary/aromatic N) is 5. The molecule has 0 spiro atoms. The number of hydrogen-bond donors (Lipinski definition) is 1. The first-order valence-electron chi connectivity index (χ1n) is 7.91. The molecule has 25 heavy (non-hydrogen) atoms. The van der Waals surface area contributed by atoms with Gasteiger partial charge in [0.1, 0.15) is 0 Å². The molecule has 1 fully saturated rings. The van der Waals surface area contributed by atoms with Crippen molar-refractivity contribution in [3.05, 3.63) is 29.5 Å². The largest absolute Gasteiger partial charge is 0.386 e. The van der Waals surface area contributed by atoms with Crippen molar-refractivity contribution in [1.29, 1.82) is 0 Å². The summed E-state index contributed by atoms with van der Waals surface area (Å²) in [6.07, 6.45) is 4.71. The van der Waals surface area contributed by atoms with Crippen LogP contribution in [0.4, 0.5) is 5.95 Å². The van der Waals surface area contributed by atoms with Crippen LogP contribution in [0.1, 0.15) is 26.3 Å². The van der Waals surface area contributed by atoms with E-state index in [1.54, 1.807) is 31.6 Å². The predicted octanol–water partition coefficient (Wildman–Crippen LogP) is 1.06. The third-order valence-corrected chi connectivity index (χ3v) is 7.21. The number of sulfonamides is 1. The lowest BCUT2D eigenvalue weighted by atomic mass is 10.0. The maximum absolute atomic E-state index is 12.6. The van der Waals surface area contributed by atoms with E-state index in [9.17, 15) is 13.5 Å². The van der Waals surface area contributed by atoms with Crippen molar-refractivity contribution in [2.24, 2.45) is 0 Å². The molecule has 2 aromatic heterocycles. The molecule has 0 saturated carbocycles. The molecule has 1 N–H and O–H groups in total. The van der Waals surface area contributed by atoms with E-state index in [2.05, 4.69) is 15.0 Å². The lowest BCUT2D eigenvalue weighted by molar-refractivity contribution is 0.0778. The maximum Gasteiger partial charge on any atom is 0.270 e. The Morgan fingerprint density at radius 2 is 1.92 bits per heavy atom. The Hall–Kier alpha value is -1.62. The van der Waals surface area contributed by atoms with Gasteiger partial charge in [-0.05, 0) is 20.8 Å². The normalized spacial score (nSPS) is 20.0. The van der Waals surface area contributed by atoms with E-state index in [1.165, 1.54) is 10.5 Å². The number of thiazole rings is 1. The van der Waals surface area contributed by atoms with Crippen molar-refractivity contribution >= 4 is 27.3 Å². The van der Waals surface area contributed by atoms with Crippen LogP contribution in [-0.2, 0) is 15.6 Å². The zero-order chi connectivity index (χ0) is 18.2. The molecule has 0 radical (unpaired) electrons. The standard InChI is InChI=1S/C15H21N5O3S2/c1-11-10-19(25(22,23)14-16-4-7-24-14)5-6-20(11)13-17-8-12(9-18-13)15(2,3)21/h4,7-9,11,21H,5-6,10H2,1-3H3/t11-/m0/s1. The summed E-state index contributed by atoms with van der Waals surface area (Å²) in [5, 5.41) is 11.6. The highest BCUT2D eigenvalue weighted by Gasteiger charge is 2.34. The second kappa shape index (κ2) is 6.60. The molecule has 0 bridgehead atoms. The van der Waals surface area contributed by atoms with Crippen molar-refractivity contribution in [1.82, 2.24) is 19.3 Å². The van der Waals surface area contributed by atoms with Gasteiger partial charge in [-0.25, -0.2) is 23.4 Å². The first kappa shape index (κ1) is 18.2. The number of hydrogen-bond acceptors (Lipinski definition) is 8. The van der Waals surface area contributed by atoms with E-state index in [0.29, 0.717) is 31.1 Å². The number of aromatic nitrogens is 3. The van der Waals surface area contributed by atoms with Crippen LogP contribution in [0.2, 0.25) is 0 Å². The highest BCUT2D eigenvalue weighted by molar-refractivity contribution is 7.91. The minimum absolute atomic E-state index is 0.0727. The topological polar surface area (TPSA) is 99.5 Å². The molecule has 136 valence electrons. The van der Waals surface area contributed by atoms with E-state index in [-0.39, 0.29) is 10.4 Å². The van der Waals surface area contributed by atoms with Gasteiger partial charge in [-0.3, -0.25) is 0 Å². The average molecular weight is 383 g/mol. The average Bonchev–Trinajstić information content (AvgIpc) is 3.09. The van der Waals surface area contributed by atoms with Gasteiger partial charge in [0.05, 0.1) is 5.60 Å². The Balaban J connectivity index is 1.74. The number of rotatable bonds is 4. The fourth-order valence-corrected chi connectivity index (χ4v) is 5.15. The Labute approximate surface area is 151 Å². The molecule has 1 aliphatic heterocycles. The first-order valence-corrected chi connectivity index (χ1v) is 10.2. The third kappa shape index (κ3) is 3.66. The van der Waals surface area contributed by atoms with Gasteiger partial charge in [-0.15, -0.1) is 11.3 Å². The first-order chi connectivity index (χ1) is 11.7. The van der Waals surface area contributed by atoms with E-state index < -0.39 is 15.6 Å². The zero-order valence-electron chi connectivity index (χ0n) is 14.3. The van der Waals surface area contributed by atoms with Gasteiger partial charge in [-0.1, -0.05) is 0 Å². The van der Waals surface area contributed by atoms with E-state index in [0.717, 1.165) is 11.3 Å². The van der Waals surface area contributed by atoms with Gasteiger partial charge in [0.2, 0.25) is 10.3 Å². The lowest BCUT2D eigenvalue weighted by Crippen LogP contribution is -2.54. The monoisotopic (exact) mass is 383 g/mol. The van der Waals surface area contributed by atoms with Gasteiger partial charge in [0.15, 0.2) is 0 Å². The molecule has 0 aliphatic carbocycles. The molecule has 1 atom stereocenters. The quantitative estimate of drug-likeness (QED) is 0.843. The minimum Gasteiger partial charge on any atom is -0.386 e. The Bertz CT molecular complexity index is 816. The SMILES string of the molecule is C[C@H]1CN(S(=O)(=O)c2nccs2)CCN1c1ncc(C(C)(C)O)cn1. The highest BCUT2D eigenvalue weighted by atomic mass is 32.2. The van der Waals surface area contributed by atoms with Crippen molar-refractivity contribution in [2.45, 2.75) is 36.8 Å². The zero-order valence-corrected chi connectivity index (χ0v) is 16.0. The van der Waals surface area contributed by atoms with E-state index in [4.69, 9.17) is 0 Å². The van der Waals surface area contributed by atoms with Crippen LogP contribution in [0.25, 0.3) is 0 Å². The second-order valence-corrected chi connectivity index (χ2v) is 9.54. The van der Waals surface area contributed by atoms with E-state index >= 15 is 0 Å². The van der Waals surface area contributed by atoms with Crippen LogP contribution in [0, 0.1) is 0 Å². The van der Waals surface area contributed by atoms with Crippen LogP contribution in [0.3, 0.4) is 0 Å². The van der Waals surface area contributed by atoms with Crippen LogP contribution in [-0.4, -0.2) is 58.5 Å². The molecule has 1 saturated heterocycles. The summed E-state index contributed by atoms with van der Waals surface area (Å²) in [7, 11) is -3.54. The van der Waals surface area contributed by atoms with Crippen LogP contribution in [0.5, 0.6) is 0 Å². The summed E-state index contributed by atoms with van der Waals surface area (Å²) < 4.78 is 26.8. The smallest absolute Gasteiger partial charge is 0.270 e. The predicted molar refractivity (Wildman–Crippen MR) is 95.0 cm³/mol. The van der Waals surface area contributed by atoms with Crippen molar-refractivity contribution in [2.75, 3.05) is 24.5 Å². The number of anilines is 1. The summed E-state index contributed by atoms with van der Waals surface area (Å²) in [4.78, 5) is 14.6. The Morgan fingerprint density at radius 1 is 1.24 bits per heavy atom. The van der Waals surface area contributed by atoms with Gasteiger partial charge in [0, 0.05) is 55.2 Å². The van der Waals surface area contributed by atoms with Gasteiger partial charge < -0.3 is 10.0 Å². The molecular weight excluding hydrogens is 362 g/mol. The minimum atomic E-state index is -3.54. The molecule has 0 aromatic carbocycles. The van der Waals surface area contributed by atoms with Gasteiger partial charge in [-0.2, -0.15) is 4.31 Å². The van der Waals surface area contributed by atoms with Gasteiger partial charge >= 0.3 is 0 Å². The lowest BCUT2D eigenvalue weighted by Gasteiger charge is -2.38. The summed E-state index contributed by atoms with van der Waals surface area (Å²) in [5.41, 5.74) is -0.362. The van der Waals surface area contributed by atoms with Crippen LogP contribution < -0.4 is 4.90 Å². The van der Waals surface area contributed by atoms with Crippen LogP contribution in [0.15, 0.2) is 28.3 Å². The second-order valence-electron chi connectivity index (χ2n) is 6.53. The van der Waals surface area contributed by atoms with Crippen molar-refractivity contribution in [3.63, 3.8) is 0 Å². The van der Waals surface area contributed by atoms with Crippen LogP contribution >= 0.6 is 11.3 Å².